The molecular formula is C6H10O4. The summed E-state index contributed by atoms with van der Waals surface area (Å²) >= 11 is 0. The third-order valence-electron chi connectivity index (χ3n) is 0.930. The van der Waals surface area contributed by atoms with Crippen molar-refractivity contribution in [2.75, 3.05) is 0 Å². The minimum absolute atomic E-state index is 0.789. The molecule has 2 atom stereocenters. The molecule has 10 heavy (non-hydrogen) atoms. The lowest BCUT2D eigenvalue weighted by Crippen LogP contribution is -2.19. The predicted molar refractivity (Wildman–Crippen MR) is 34.5 cm³/mol. The number of hydrogen-bond donors (Lipinski definition) is 3. The Hall–Kier alpha value is -0.870. The van der Waals surface area contributed by atoms with Gasteiger partial charge in [0.25, 0.3) is 0 Å². The van der Waals surface area contributed by atoms with Crippen molar-refractivity contribution in [3.8, 4) is 0 Å². The molecule has 0 radical (unpaired) electrons. The van der Waals surface area contributed by atoms with Crippen LogP contribution >= 0.6 is 0 Å². The molecule has 0 aromatic rings. The summed E-state index contributed by atoms with van der Waals surface area (Å²) in [5, 5.41) is 25.5. The summed E-state index contributed by atoms with van der Waals surface area (Å²) in [6.45, 7) is 1.37. The highest BCUT2D eigenvalue weighted by atomic mass is 16.4. The van der Waals surface area contributed by atoms with Crippen LogP contribution in [0.5, 0.6) is 0 Å². The van der Waals surface area contributed by atoms with Crippen LogP contribution in [0.3, 0.4) is 0 Å². The molecule has 0 aliphatic rings. The Balaban J connectivity index is 3.77. The van der Waals surface area contributed by atoms with Crippen LogP contribution in [0.2, 0.25) is 0 Å². The van der Waals surface area contributed by atoms with E-state index in [-0.39, 0.29) is 0 Å². The minimum Gasteiger partial charge on any atom is -0.478 e. The second-order valence-electron chi connectivity index (χ2n) is 1.93. The summed E-state index contributed by atoms with van der Waals surface area (Å²) in [6.07, 6.45) is -0.226. The van der Waals surface area contributed by atoms with Crippen LogP contribution in [0.15, 0.2) is 12.2 Å². The van der Waals surface area contributed by atoms with Gasteiger partial charge in [-0.3, -0.25) is 0 Å². The van der Waals surface area contributed by atoms with Gasteiger partial charge in [0.2, 0.25) is 0 Å². The van der Waals surface area contributed by atoms with E-state index in [1.807, 2.05) is 0 Å². The second kappa shape index (κ2) is 4.03. The van der Waals surface area contributed by atoms with Crippen molar-refractivity contribution in [2.45, 2.75) is 19.1 Å². The zero-order chi connectivity index (χ0) is 8.15. The Kier molecular flexibility index (Phi) is 3.68. The van der Waals surface area contributed by atoms with E-state index in [0.29, 0.717) is 0 Å². The molecule has 0 bridgehead atoms. The highest BCUT2D eigenvalue weighted by Gasteiger charge is 2.05. The predicted octanol–water partition coefficient (Wildman–Crippen LogP) is -0.631. The van der Waals surface area contributed by atoms with Gasteiger partial charge in [-0.15, -0.1) is 0 Å². The molecule has 0 saturated heterocycles. The van der Waals surface area contributed by atoms with Gasteiger partial charge < -0.3 is 15.3 Å². The molecular weight excluding hydrogens is 136 g/mol. The summed E-state index contributed by atoms with van der Waals surface area (Å²) in [7, 11) is 0. The molecule has 0 aromatic carbocycles. The Morgan fingerprint density at radius 1 is 1.50 bits per heavy atom. The average molecular weight is 146 g/mol. The Morgan fingerprint density at radius 2 is 2.00 bits per heavy atom. The van der Waals surface area contributed by atoms with Crippen LogP contribution in [-0.2, 0) is 4.79 Å². The fourth-order valence-corrected chi connectivity index (χ4v) is 0.342. The highest BCUT2D eigenvalue weighted by Crippen LogP contribution is 1.92. The molecule has 4 heteroatoms. The van der Waals surface area contributed by atoms with Crippen LogP contribution in [-0.4, -0.2) is 33.5 Å². The molecule has 0 rings (SSSR count). The van der Waals surface area contributed by atoms with Gasteiger partial charge in [0.1, 0.15) is 0 Å². The van der Waals surface area contributed by atoms with E-state index in [9.17, 15) is 4.79 Å². The molecule has 0 spiro atoms. The summed E-state index contributed by atoms with van der Waals surface area (Å²) in [4.78, 5) is 9.85. The molecule has 0 aliphatic heterocycles. The minimum atomic E-state index is -1.14. The average Bonchev–Trinajstić information content (AvgIpc) is 1.82. The lowest BCUT2D eigenvalue weighted by atomic mass is 10.2. The van der Waals surface area contributed by atoms with Gasteiger partial charge in [-0.2, -0.15) is 0 Å². The summed E-state index contributed by atoms with van der Waals surface area (Å²) in [5.74, 6) is -1.14. The molecule has 0 unspecified atom stereocenters. The third kappa shape index (κ3) is 4.05. The van der Waals surface area contributed by atoms with Crippen molar-refractivity contribution >= 4 is 5.97 Å². The summed E-state index contributed by atoms with van der Waals surface area (Å²) in [5.41, 5.74) is 0. The van der Waals surface area contributed by atoms with Crippen molar-refractivity contribution in [3.05, 3.63) is 12.2 Å². The normalized spacial score (nSPS) is 17.1. The first kappa shape index (κ1) is 9.13. The zero-order valence-corrected chi connectivity index (χ0v) is 5.56. The van der Waals surface area contributed by atoms with E-state index >= 15 is 0 Å². The van der Waals surface area contributed by atoms with E-state index in [4.69, 9.17) is 15.3 Å². The van der Waals surface area contributed by atoms with Gasteiger partial charge in [-0.1, -0.05) is 0 Å². The van der Waals surface area contributed by atoms with Crippen molar-refractivity contribution in [2.24, 2.45) is 0 Å². The molecule has 0 amide bonds. The zero-order valence-electron chi connectivity index (χ0n) is 5.56. The van der Waals surface area contributed by atoms with Crippen LogP contribution in [0.1, 0.15) is 6.92 Å². The van der Waals surface area contributed by atoms with E-state index in [1.165, 1.54) is 6.92 Å². The topological polar surface area (TPSA) is 77.8 Å². The highest BCUT2D eigenvalue weighted by molar-refractivity contribution is 5.79. The maximum Gasteiger partial charge on any atom is 0.328 e. The SMILES string of the molecule is C[C@H](O)[C@@H](O)/C=C/C(=O)O. The lowest BCUT2D eigenvalue weighted by Gasteiger charge is -2.06. The Bertz CT molecular complexity index is 139. The smallest absolute Gasteiger partial charge is 0.328 e. The van der Waals surface area contributed by atoms with Gasteiger partial charge >= 0.3 is 5.97 Å². The monoisotopic (exact) mass is 146 g/mol. The van der Waals surface area contributed by atoms with Crippen molar-refractivity contribution in [1.82, 2.24) is 0 Å². The molecule has 0 fully saturated rings. The van der Waals surface area contributed by atoms with Crippen molar-refractivity contribution in [3.63, 3.8) is 0 Å². The molecule has 4 nitrogen and oxygen atoms in total. The molecule has 0 heterocycles. The number of hydrogen-bond acceptors (Lipinski definition) is 3. The number of aliphatic hydroxyl groups is 2. The summed E-state index contributed by atoms with van der Waals surface area (Å²) < 4.78 is 0. The largest absolute Gasteiger partial charge is 0.478 e. The summed E-state index contributed by atoms with van der Waals surface area (Å²) in [6, 6.07) is 0. The third-order valence-corrected chi connectivity index (χ3v) is 0.930. The molecule has 0 saturated carbocycles. The number of aliphatic hydroxyl groups excluding tert-OH is 2. The number of carboxylic acids is 1. The first-order valence-electron chi connectivity index (χ1n) is 2.81. The molecule has 0 aliphatic carbocycles. The molecule has 3 N–H and O–H groups in total. The number of carboxylic acid groups (broad SMARTS) is 1. The number of carbonyl (C=O) groups is 1. The molecule has 58 valence electrons. The Labute approximate surface area is 58.4 Å². The van der Waals surface area contributed by atoms with E-state index < -0.39 is 18.2 Å². The first-order valence-corrected chi connectivity index (χ1v) is 2.81. The number of aliphatic carboxylic acids is 1. The van der Waals surface area contributed by atoms with E-state index in [2.05, 4.69) is 0 Å². The maximum absolute atomic E-state index is 9.85. The fourth-order valence-electron chi connectivity index (χ4n) is 0.342. The number of rotatable bonds is 3. The van der Waals surface area contributed by atoms with Crippen molar-refractivity contribution in [1.29, 1.82) is 0 Å². The van der Waals surface area contributed by atoms with Gasteiger partial charge in [-0.05, 0) is 13.0 Å². The lowest BCUT2D eigenvalue weighted by molar-refractivity contribution is -0.131. The quantitative estimate of drug-likeness (QED) is 0.463. The van der Waals surface area contributed by atoms with Crippen LogP contribution < -0.4 is 0 Å². The van der Waals surface area contributed by atoms with Gasteiger partial charge in [0, 0.05) is 6.08 Å². The van der Waals surface area contributed by atoms with Gasteiger partial charge in [0.15, 0.2) is 0 Å². The second-order valence-corrected chi connectivity index (χ2v) is 1.93. The van der Waals surface area contributed by atoms with Crippen molar-refractivity contribution < 1.29 is 20.1 Å². The van der Waals surface area contributed by atoms with Crippen LogP contribution in [0.25, 0.3) is 0 Å². The van der Waals surface area contributed by atoms with E-state index in [0.717, 1.165) is 12.2 Å². The fraction of sp³-hybridized carbons (Fsp3) is 0.500. The Morgan fingerprint density at radius 3 is 2.30 bits per heavy atom. The standard InChI is InChI=1S/C6H10O4/c1-4(7)5(8)2-3-6(9)10/h2-5,7-8H,1H3,(H,9,10)/b3-2+/t4-,5-/m0/s1. The maximum atomic E-state index is 9.85. The van der Waals surface area contributed by atoms with E-state index in [1.54, 1.807) is 0 Å². The molecule has 0 aromatic heterocycles. The van der Waals surface area contributed by atoms with Gasteiger partial charge in [0.05, 0.1) is 12.2 Å². The van der Waals surface area contributed by atoms with Gasteiger partial charge in [-0.25, -0.2) is 4.79 Å². The first-order chi connectivity index (χ1) is 4.54. The van der Waals surface area contributed by atoms with Crippen LogP contribution in [0.4, 0.5) is 0 Å². The van der Waals surface area contributed by atoms with Crippen LogP contribution in [0, 0.1) is 0 Å².